The van der Waals surface area contributed by atoms with Crippen LogP contribution in [0.4, 0.5) is 5.69 Å². The molecule has 0 saturated carbocycles. The summed E-state index contributed by atoms with van der Waals surface area (Å²) in [7, 11) is 1.56. The van der Waals surface area contributed by atoms with Crippen LogP contribution in [0.2, 0.25) is 0 Å². The van der Waals surface area contributed by atoms with E-state index in [2.05, 4.69) is 10.6 Å². The minimum atomic E-state index is -0.986. The summed E-state index contributed by atoms with van der Waals surface area (Å²) in [6.45, 7) is 4.25. The van der Waals surface area contributed by atoms with E-state index < -0.39 is 23.5 Å². The molecule has 3 aliphatic heterocycles. The van der Waals surface area contributed by atoms with Gasteiger partial charge in [0.2, 0.25) is 17.7 Å². The second kappa shape index (κ2) is 8.24. The number of unbranched alkanes of at least 4 members (excludes halogenated alkanes) is 1. The molecule has 2 unspecified atom stereocenters. The van der Waals surface area contributed by atoms with Gasteiger partial charge < -0.3 is 25.4 Å². The Morgan fingerprint density at radius 2 is 2.03 bits per heavy atom. The molecule has 3 aliphatic rings. The molecule has 3 N–H and O–H groups in total. The van der Waals surface area contributed by atoms with Crippen LogP contribution in [0.3, 0.4) is 0 Å². The Balaban J connectivity index is 1.69. The van der Waals surface area contributed by atoms with Gasteiger partial charge >= 0.3 is 0 Å². The number of nitrogens with zero attached hydrogens (tertiary/aromatic N) is 1. The maximum atomic E-state index is 13.6. The van der Waals surface area contributed by atoms with Gasteiger partial charge in [0.05, 0.1) is 17.9 Å². The SMILES string of the molecule is CNC(=O)[C@@H]1[C@H]2C(=O)N(CCCCO)C(C(=O)Nc3cc(C)ccc3C)C23CC[C@H]1O3. The zero-order valence-electron chi connectivity index (χ0n) is 18.3. The third-order valence-corrected chi connectivity index (χ3v) is 7.06. The number of amides is 3. The number of hydrogen-bond acceptors (Lipinski definition) is 5. The first-order chi connectivity index (χ1) is 14.8. The van der Waals surface area contributed by atoms with Gasteiger partial charge in [-0.15, -0.1) is 0 Å². The number of nitrogens with one attached hydrogen (secondary N) is 2. The van der Waals surface area contributed by atoms with Crippen LogP contribution in [-0.2, 0) is 19.1 Å². The van der Waals surface area contributed by atoms with Crippen LogP contribution in [0.15, 0.2) is 18.2 Å². The number of carbonyl (C=O) groups is 3. The highest BCUT2D eigenvalue weighted by Crippen LogP contribution is 2.58. The first-order valence-corrected chi connectivity index (χ1v) is 11.0. The largest absolute Gasteiger partial charge is 0.396 e. The van der Waals surface area contributed by atoms with E-state index in [4.69, 9.17) is 4.74 Å². The van der Waals surface area contributed by atoms with Gasteiger partial charge in [0, 0.05) is 25.9 Å². The minimum absolute atomic E-state index is 0.0232. The summed E-state index contributed by atoms with van der Waals surface area (Å²) in [6.07, 6.45) is 1.99. The highest BCUT2D eigenvalue weighted by Gasteiger charge is 2.74. The summed E-state index contributed by atoms with van der Waals surface area (Å²) >= 11 is 0. The van der Waals surface area contributed by atoms with E-state index in [0.717, 1.165) is 11.1 Å². The lowest BCUT2D eigenvalue weighted by Gasteiger charge is -2.33. The van der Waals surface area contributed by atoms with E-state index in [9.17, 15) is 19.5 Å². The third-order valence-electron chi connectivity index (χ3n) is 7.06. The molecule has 8 nitrogen and oxygen atoms in total. The topological polar surface area (TPSA) is 108 Å². The number of likely N-dealkylation sites (tertiary alicyclic amines) is 1. The molecule has 1 aromatic carbocycles. The van der Waals surface area contributed by atoms with Crippen LogP contribution < -0.4 is 10.6 Å². The number of aliphatic hydroxyl groups is 1. The van der Waals surface area contributed by atoms with E-state index in [1.165, 1.54) is 0 Å². The molecule has 0 aromatic heterocycles. The molecule has 4 rings (SSSR count). The molecule has 3 saturated heterocycles. The molecular formula is C23H31N3O5. The van der Waals surface area contributed by atoms with Gasteiger partial charge in [-0.3, -0.25) is 14.4 Å². The van der Waals surface area contributed by atoms with E-state index in [1.807, 2.05) is 32.0 Å². The second-order valence-electron chi connectivity index (χ2n) is 8.94. The van der Waals surface area contributed by atoms with Crippen molar-refractivity contribution in [3.05, 3.63) is 29.3 Å². The number of fused-ring (bicyclic) bond motifs is 1. The molecule has 3 heterocycles. The van der Waals surface area contributed by atoms with Crippen LogP contribution in [0.25, 0.3) is 0 Å². The van der Waals surface area contributed by atoms with Crippen LogP contribution in [0.1, 0.15) is 36.8 Å². The van der Waals surface area contributed by atoms with Gasteiger partial charge in [-0.2, -0.15) is 0 Å². The number of benzene rings is 1. The van der Waals surface area contributed by atoms with Gasteiger partial charge in [0.1, 0.15) is 11.6 Å². The Labute approximate surface area is 182 Å². The summed E-state index contributed by atoms with van der Waals surface area (Å²) in [5, 5.41) is 14.9. The number of ether oxygens (including phenoxy) is 1. The maximum absolute atomic E-state index is 13.6. The van der Waals surface area contributed by atoms with Crippen LogP contribution in [0.5, 0.6) is 0 Å². The molecule has 1 spiro atoms. The van der Waals surface area contributed by atoms with Gasteiger partial charge in [-0.05, 0) is 56.7 Å². The van der Waals surface area contributed by atoms with Crippen molar-refractivity contribution in [1.29, 1.82) is 0 Å². The summed E-state index contributed by atoms with van der Waals surface area (Å²) in [5.41, 5.74) is 1.68. The first kappa shape index (κ1) is 21.8. The Morgan fingerprint density at radius 3 is 2.74 bits per heavy atom. The summed E-state index contributed by atoms with van der Waals surface area (Å²) in [4.78, 5) is 41.3. The smallest absolute Gasteiger partial charge is 0.250 e. The van der Waals surface area contributed by atoms with E-state index in [0.29, 0.717) is 37.9 Å². The van der Waals surface area contributed by atoms with E-state index >= 15 is 0 Å². The molecule has 0 aliphatic carbocycles. The molecule has 168 valence electrons. The van der Waals surface area contributed by atoms with Crippen LogP contribution in [-0.4, -0.2) is 65.7 Å². The molecule has 1 aromatic rings. The average molecular weight is 430 g/mol. The molecule has 3 amide bonds. The van der Waals surface area contributed by atoms with Gasteiger partial charge in [0.25, 0.3) is 0 Å². The monoisotopic (exact) mass is 429 g/mol. The number of aliphatic hydroxyl groups excluding tert-OH is 1. The Morgan fingerprint density at radius 1 is 1.26 bits per heavy atom. The van der Waals surface area contributed by atoms with Crippen molar-refractivity contribution < 1.29 is 24.2 Å². The lowest BCUT2D eigenvalue weighted by Crippen LogP contribution is -2.53. The fourth-order valence-electron chi connectivity index (χ4n) is 5.63. The van der Waals surface area contributed by atoms with Crippen LogP contribution in [0, 0.1) is 25.7 Å². The number of carbonyl (C=O) groups excluding carboxylic acids is 3. The van der Waals surface area contributed by atoms with Crippen molar-refractivity contribution in [2.45, 2.75) is 57.3 Å². The second-order valence-corrected chi connectivity index (χ2v) is 8.94. The highest BCUT2D eigenvalue weighted by molar-refractivity contribution is 6.03. The minimum Gasteiger partial charge on any atom is -0.396 e. The van der Waals surface area contributed by atoms with Crippen LogP contribution >= 0.6 is 0 Å². The number of anilines is 1. The molecule has 31 heavy (non-hydrogen) atoms. The zero-order chi connectivity index (χ0) is 22.3. The van der Waals surface area contributed by atoms with Crippen molar-refractivity contribution in [2.75, 3.05) is 25.5 Å². The number of rotatable bonds is 7. The summed E-state index contributed by atoms with van der Waals surface area (Å²) < 4.78 is 6.32. The fourth-order valence-corrected chi connectivity index (χ4v) is 5.63. The number of hydrogen-bond donors (Lipinski definition) is 3. The van der Waals surface area contributed by atoms with Gasteiger partial charge in [0.15, 0.2) is 0 Å². The molecule has 0 radical (unpaired) electrons. The normalized spacial score (nSPS) is 31.1. The predicted molar refractivity (Wildman–Crippen MR) is 114 cm³/mol. The Hall–Kier alpha value is -2.45. The Kier molecular flexibility index (Phi) is 5.79. The summed E-state index contributed by atoms with van der Waals surface area (Å²) in [6, 6.07) is 5.04. The standard InChI is InChI=1S/C23H31N3O5/c1-13-6-7-14(2)15(12-13)25-21(29)19-23-9-8-16(31-23)17(20(28)24-3)18(23)22(30)26(19)10-4-5-11-27/h6-7,12,16-19,27H,4-5,8-11H2,1-3H3,(H,24,28)(H,25,29)/t16-,17+,18+,19?,23?/m1/s1. The highest BCUT2D eigenvalue weighted by atomic mass is 16.5. The van der Waals surface area contributed by atoms with Crippen molar-refractivity contribution in [2.24, 2.45) is 11.8 Å². The zero-order valence-corrected chi connectivity index (χ0v) is 18.3. The number of aryl methyl sites for hydroxylation is 2. The van der Waals surface area contributed by atoms with Gasteiger partial charge in [-0.1, -0.05) is 12.1 Å². The van der Waals surface area contributed by atoms with Crippen molar-refractivity contribution in [1.82, 2.24) is 10.2 Å². The third kappa shape index (κ3) is 3.42. The molecule has 5 atom stereocenters. The van der Waals surface area contributed by atoms with E-state index in [1.54, 1.807) is 11.9 Å². The molecular weight excluding hydrogens is 398 g/mol. The van der Waals surface area contributed by atoms with Gasteiger partial charge in [-0.25, -0.2) is 0 Å². The fraction of sp³-hybridized carbons (Fsp3) is 0.609. The lowest BCUT2D eigenvalue weighted by atomic mass is 9.70. The predicted octanol–water partition coefficient (Wildman–Crippen LogP) is 1.14. The Bertz CT molecular complexity index is 903. The maximum Gasteiger partial charge on any atom is 0.250 e. The van der Waals surface area contributed by atoms with E-state index in [-0.39, 0.29) is 30.4 Å². The molecule has 2 bridgehead atoms. The van der Waals surface area contributed by atoms with Crippen molar-refractivity contribution in [3.8, 4) is 0 Å². The van der Waals surface area contributed by atoms with Crippen molar-refractivity contribution >= 4 is 23.4 Å². The average Bonchev–Trinajstić information content (AvgIpc) is 3.38. The molecule has 3 fully saturated rings. The summed E-state index contributed by atoms with van der Waals surface area (Å²) in [5.74, 6) is -1.93. The molecule has 8 heteroatoms. The lowest BCUT2D eigenvalue weighted by molar-refractivity contribution is -0.140. The first-order valence-electron chi connectivity index (χ1n) is 11.0. The quantitative estimate of drug-likeness (QED) is 0.564. The van der Waals surface area contributed by atoms with Crippen molar-refractivity contribution in [3.63, 3.8) is 0 Å².